The van der Waals surface area contributed by atoms with Gasteiger partial charge in [0.15, 0.2) is 3.77 Å². The Morgan fingerprint density at radius 2 is 2.13 bits per heavy atom. The molecular weight excluding hydrogens is 301 g/mol. The fourth-order valence-electron chi connectivity index (χ4n) is 1.58. The molecule has 2 nitrogen and oxygen atoms in total. The molecule has 2 atom stereocenters. The molecule has 0 radical (unpaired) electrons. The first-order valence-electron chi connectivity index (χ1n) is 5.59. The maximum atomic E-state index is 5.49. The number of hydrogen-bond acceptors (Lipinski definition) is 2. The largest absolute Gasteiger partial charge is 0.454 e. The summed E-state index contributed by atoms with van der Waals surface area (Å²) in [5, 5.41) is 3.48. The number of halogens is 1. The van der Waals surface area contributed by atoms with Crippen LogP contribution in [-0.4, -0.2) is 6.04 Å². The van der Waals surface area contributed by atoms with Crippen molar-refractivity contribution in [3.8, 4) is 0 Å². The van der Waals surface area contributed by atoms with Gasteiger partial charge in [-0.1, -0.05) is 20.3 Å². The molecule has 0 fully saturated rings. The summed E-state index contributed by atoms with van der Waals surface area (Å²) >= 11 is 2.19. The zero-order valence-corrected chi connectivity index (χ0v) is 11.9. The van der Waals surface area contributed by atoms with Crippen LogP contribution in [0.15, 0.2) is 16.5 Å². The van der Waals surface area contributed by atoms with Crippen molar-refractivity contribution in [1.29, 1.82) is 0 Å². The van der Waals surface area contributed by atoms with Crippen LogP contribution in [0, 0.1) is 9.68 Å². The molecule has 2 unspecified atom stereocenters. The van der Waals surface area contributed by atoms with E-state index in [-0.39, 0.29) is 0 Å². The SMILES string of the molecule is CCC(C)CC(C)NCc1ccc(I)o1. The highest BCUT2D eigenvalue weighted by molar-refractivity contribution is 14.1. The second-order valence-electron chi connectivity index (χ2n) is 4.24. The normalized spacial score (nSPS) is 15.2. The summed E-state index contributed by atoms with van der Waals surface area (Å²) in [7, 11) is 0. The van der Waals surface area contributed by atoms with Gasteiger partial charge in [0.25, 0.3) is 0 Å². The van der Waals surface area contributed by atoms with Crippen molar-refractivity contribution >= 4 is 22.6 Å². The summed E-state index contributed by atoms with van der Waals surface area (Å²) < 4.78 is 6.45. The molecule has 15 heavy (non-hydrogen) atoms. The summed E-state index contributed by atoms with van der Waals surface area (Å²) in [5.41, 5.74) is 0. The molecule has 1 N–H and O–H groups in total. The van der Waals surface area contributed by atoms with Gasteiger partial charge in [-0.3, -0.25) is 0 Å². The fraction of sp³-hybridized carbons (Fsp3) is 0.667. The van der Waals surface area contributed by atoms with E-state index in [1.165, 1.54) is 12.8 Å². The first-order chi connectivity index (χ1) is 7.11. The predicted molar refractivity (Wildman–Crippen MR) is 71.8 cm³/mol. The monoisotopic (exact) mass is 321 g/mol. The van der Waals surface area contributed by atoms with Crippen molar-refractivity contribution in [3.63, 3.8) is 0 Å². The third-order valence-corrected chi connectivity index (χ3v) is 3.29. The third-order valence-electron chi connectivity index (χ3n) is 2.71. The molecule has 0 bridgehead atoms. The lowest BCUT2D eigenvalue weighted by atomic mass is 10.0. The van der Waals surface area contributed by atoms with Gasteiger partial charge in [0.2, 0.25) is 0 Å². The Kier molecular flexibility index (Phi) is 5.68. The second-order valence-corrected chi connectivity index (χ2v) is 5.30. The first-order valence-corrected chi connectivity index (χ1v) is 6.67. The van der Waals surface area contributed by atoms with Crippen molar-refractivity contribution in [2.75, 3.05) is 0 Å². The van der Waals surface area contributed by atoms with Crippen LogP contribution in [0.4, 0.5) is 0 Å². The molecule has 3 heteroatoms. The third kappa shape index (κ3) is 5.02. The summed E-state index contributed by atoms with van der Waals surface area (Å²) in [6, 6.07) is 4.59. The van der Waals surface area contributed by atoms with Crippen LogP contribution in [0.2, 0.25) is 0 Å². The highest BCUT2D eigenvalue weighted by Crippen LogP contribution is 2.12. The molecule has 1 aromatic heterocycles. The lowest BCUT2D eigenvalue weighted by Gasteiger charge is -2.16. The topological polar surface area (TPSA) is 25.2 Å². The lowest BCUT2D eigenvalue weighted by molar-refractivity contribution is 0.387. The van der Waals surface area contributed by atoms with Crippen molar-refractivity contribution in [2.24, 2.45) is 5.92 Å². The molecule has 0 aliphatic carbocycles. The molecule has 1 rings (SSSR count). The molecule has 0 saturated heterocycles. The summed E-state index contributed by atoms with van der Waals surface area (Å²) in [6.45, 7) is 7.61. The summed E-state index contributed by atoms with van der Waals surface area (Å²) in [6.07, 6.45) is 2.49. The van der Waals surface area contributed by atoms with Crippen LogP contribution >= 0.6 is 22.6 Å². The predicted octanol–water partition coefficient (Wildman–Crippen LogP) is 3.80. The maximum absolute atomic E-state index is 5.49. The van der Waals surface area contributed by atoms with Gasteiger partial charge in [-0.2, -0.15) is 0 Å². The minimum atomic E-state index is 0.558. The van der Waals surface area contributed by atoms with E-state index in [1.807, 2.05) is 12.1 Å². The van der Waals surface area contributed by atoms with Crippen LogP contribution in [-0.2, 0) is 6.54 Å². The Morgan fingerprint density at radius 3 is 2.67 bits per heavy atom. The number of rotatable bonds is 6. The van der Waals surface area contributed by atoms with Crippen molar-refractivity contribution in [3.05, 3.63) is 21.7 Å². The highest BCUT2D eigenvalue weighted by atomic mass is 127. The summed E-state index contributed by atoms with van der Waals surface area (Å²) in [4.78, 5) is 0. The average Bonchev–Trinajstić information content (AvgIpc) is 2.61. The van der Waals surface area contributed by atoms with Gasteiger partial charge in [0.1, 0.15) is 5.76 Å². The molecular formula is C12H20INO. The minimum Gasteiger partial charge on any atom is -0.454 e. The second kappa shape index (κ2) is 6.53. The standard InChI is InChI=1S/C12H20INO/c1-4-9(2)7-10(3)14-8-11-5-6-12(13)15-11/h5-6,9-10,14H,4,7-8H2,1-3H3. The molecule has 86 valence electrons. The zero-order valence-electron chi connectivity index (χ0n) is 9.72. The first kappa shape index (κ1) is 13.0. The van der Waals surface area contributed by atoms with Gasteiger partial charge >= 0.3 is 0 Å². The quantitative estimate of drug-likeness (QED) is 0.806. The van der Waals surface area contributed by atoms with Gasteiger partial charge in [-0.25, -0.2) is 0 Å². The van der Waals surface area contributed by atoms with Crippen LogP contribution < -0.4 is 5.32 Å². The zero-order chi connectivity index (χ0) is 11.3. The van der Waals surface area contributed by atoms with E-state index in [2.05, 4.69) is 48.7 Å². The van der Waals surface area contributed by atoms with Gasteiger partial charge in [-0.15, -0.1) is 0 Å². The fourth-order valence-corrected chi connectivity index (χ4v) is 2.04. The minimum absolute atomic E-state index is 0.558. The van der Waals surface area contributed by atoms with Crippen molar-refractivity contribution in [2.45, 2.75) is 46.2 Å². The molecule has 0 amide bonds. The van der Waals surface area contributed by atoms with Gasteiger partial charge in [-0.05, 0) is 54.0 Å². The molecule has 0 spiro atoms. The highest BCUT2D eigenvalue weighted by Gasteiger charge is 2.07. The van der Waals surface area contributed by atoms with E-state index in [9.17, 15) is 0 Å². The van der Waals surface area contributed by atoms with Gasteiger partial charge < -0.3 is 9.73 Å². The Balaban J connectivity index is 2.25. The Bertz CT molecular complexity index is 285. The molecule has 0 aliphatic rings. The van der Waals surface area contributed by atoms with E-state index in [4.69, 9.17) is 4.42 Å². The number of furan rings is 1. The Labute approximate surface area is 106 Å². The average molecular weight is 321 g/mol. The van der Waals surface area contributed by atoms with Crippen LogP contribution in [0.5, 0.6) is 0 Å². The van der Waals surface area contributed by atoms with Crippen LogP contribution in [0.1, 0.15) is 39.4 Å². The number of hydrogen-bond donors (Lipinski definition) is 1. The van der Waals surface area contributed by atoms with E-state index in [0.717, 1.165) is 22.0 Å². The van der Waals surface area contributed by atoms with Crippen LogP contribution in [0.3, 0.4) is 0 Å². The smallest absolute Gasteiger partial charge is 0.164 e. The van der Waals surface area contributed by atoms with E-state index in [0.29, 0.717) is 6.04 Å². The molecule has 1 heterocycles. The van der Waals surface area contributed by atoms with E-state index < -0.39 is 0 Å². The molecule has 0 saturated carbocycles. The van der Waals surface area contributed by atoms with E-state index in [1.54, 1.807) is 0 Å². The van der Waals surface area contributed by atoms with Crippen molar-refractivity contribution in [1.82, 2.24) is 5.32 Å². The summed E-state index contributed by atoms with van der Waals surface area (Å²) in [5.74, 6) is 1.82. The molecule has 0 aromatic carbocycles. The molecule has 0 aliphatic heterocycles. The maximum Gasteiger partial charge on any atom is 0.164 e. The van der Waals surface area contributed by atoms with Crippen LogP contribution in [0.25, 0.3) is 0 Å². The Hall–Kier alpha value is -0.0300. The lowest BCUT2D eigenvalue weighted by Crippen LogP contribution is -2.27. The number of nitrogens with one attached hydrogen (secondary N) is 1. The van der Waals surface area contributed by atoms with E-state index >= 15 is 0 Å². The van der Waals surface area contributed by atoms with Gasteiger partial charge in [0, 0.05) is 6.04 Å². The van der Waals surface area contributed by atoms with Gasteiger partial charge in [0.05, 0.1) is 6.54 Å². The molecule has 1 aromatic rings. The van der Waals surface area contributed by atoms with Crippen molar-refractivity contribution < 1.29 is 4.42 Å². The Morgan fingerprint density at radius 1 is 1.40 bits per heavy atom.